The van der Waals surface area contributed by atoms with Crippen LogP contribution >= 0.6 is 0 Å². The Labute approximate surface area is 101 Å². The van der Waals surface area contributed by atoms with E-state index in [1.54, 1.807) is 6.08 Å². The largest absolute Gasteiger partial charge is 0.461 e. The van der Waals surface area contributed by atoms with Crippen molar-refractivity contribution < 1.29 is 9.84 Å². The lowest BCUT2D eigenvalue weighted by Crippen LogP contribution is -2.17. The highest BCUT2D eigenvalue weighted by molar-refractivity contribution is 5.73. The second-order valence-electron chi connectivity index (χ2n) is 4.07. The van der Waals surface area contributed by atoms with Crippen LogP contribution in [0, 0.1) is 0 Å². The van der Waals surface area contributed by atoms with E-state index in [0.29, 0.717) is 0 Å². The lowest BCUT2D eigenvalue weighted by Gasteiger charge is -2.21. The smallest absolute Gasteiger partial charge is 0.217 e. The van der Waals surface area contributed by atoms with Gasteiger partial charge in [-0.2, -0.15) is 0 Å². The molecule has 0 bridgehead atoms. The highest BCUT2D eigenvalue weighted by atomic mass is 16.6. The number of hydrogen-bond donors (Lipinski definition) is 2. The summed E-state index contributed by atoms with van der Waals surface area (Å²) >= 11 is 0. The normalized spacial score (nSPS) is 17.8. The van der Waals surface area contributed by atoms with Gasteiger partial charge in [0.15, 0.2) is 0 Å². The van der Waals surface area contributed by atoms with Gasteiger partial charge in [0.25, 0.3) is 0 Å². The quantitative estimate of drug-likeness (QED) is 0.618. The molecule has 2 rings (SSSR count). The summed E-state index contributed by atoms with van der Waals surface area (Å²) in [5.41, 5.74) is 3.06. The number of aliphatic hydroxyl groups is 1. The third-order valence-corrected chi connectivity index (χ3v) is 2.72. The summed E-state index contributed by atoms with van der Waals surface area (Å²) in [5, 5.41) is 12.8. The van der Waals surface area contributed by atoms with E-state index in [9.17, 15) is 5.11 Å². The Bertz CT molecular complexity index is 452. The molecule has 1 atom stereocenters. The molecule has 1 unspecified atom stereocenters. The number of fused-ring (bicyclic) bond motifs is 1. The SMILES string of the molecule is C=CCCNc1ccc2c(c1)OC(O)C=C2C. The summed E-state index contributed by atoms with van der Waals surface area (Å²) in [7, 11) is 0. The molecule has 0 saturated carbocycles. The maximum atomic E-state index is 9.50. The van der Waals surface area contributed by atoms with Gasteiger partial charge in [-0.05, 0) is 37.1 Å². The Morgan fingerprint density at radius 1 is 1.53 bits per heavy atom. The molecule has 1 aromatic carbocycles. The van der Waals surface area contributed by atoms with Crippen LogP contribution in [0.1, 0.15) is 18.9 Å². The summed E-state index contributed by atoms with van der Waals surface area (Å²) < 4.78 is 5.37. The fraction of sp³-hybridized carbons (Fsp3) is 0.286. The van der Waals surface area contributed by atoms with Crippen molar-refractivity contribution in [1.82, 2.24) is 0 Å². The topological polar surface area (TPSA) is 41.5 Å². The minimum Gasteiger partial charge on any atom is -0.461 e. The van der Waals surface area contributed by atoms with Crippen LogP contribution in [0.3, 0.4) is 0 Å². The average Bonchev–Trinajstić information content (AvgIpc) is 2.28. The van der Waals surface area contributed by atoms with Crippen molar-refractivity contribution in [3.05, 3.63) is 42.5 Å². The second-order valence-corrected chi connectivity index (χ2v) is 4.07. The Balaban J connectivity index is 2.17. The minimum absolute atomic E-state index is 0.723. The van der Waals surface area contributed by atoms with Gasteiger partial charge in [0.1, 0.15) is 5.75 Å². The molecule has 0 aliphatic carbocycles. The number of nitrogens with one attached hydrogen (secondary N) is 1. The zero-order chi connectivity index (χ0) is 12.3. The van der Waals surface area contributed by atoms with E-state index in [2.05, 4.69) is 11.9 Å². The third kappa shape index (κ3) is 2.68. The molecule has 1 aliphatic rings. The lowest BCUT2D eigenvalue weighted by atomic mass is 10.0. The molecule has 17 heavy (non-hydrogen) atoms. The molecule has 1 aliphatic heterocycles. The molecule has 1 heterocycles. The van der Waals surface area contributed by atoms with Crippen molar-refractivity contribution in [2.75, 3.05) is 11.9 Å². The van der Waals surface area contributed by atoms with Gasteiger partial charge < -0.3 is 15.2 Å². The fourth-order valence-electron chi connectivity index (χ4n) is 1.84. The summed E-state index contributed by atoms with van der Waals surface area (Å²) in [5.74, 6) is 0.723. The van der Waals surface area contributed by atoms with Gasteiger partial charge in [0.05, 0.1) is 0 Å². The molecule has 0 amide bonds. The predicted molar refractivity (Wildman–Crippen MR) is 70.0 cm³/mol. The van der Waals surface area contributed by atoms with Gasteiger partial charge in [0.2, 0.25) is 6.29 Å². The van der Waals surface area contributed by atoms with E-state index in [-0.39, 0.29) is 0 Å². The summed E-state index contributed by atoms with van der Waals surface area (Å²) in [6, 6.07) is 5.93. The number of ether oxygens (including phenoxy) is 1. The van der Waals surface area contributed by atoms with E-state index in [4.69, 9.17) is 4.74 Å². The zero-order valence-corrected chi connectivity index (χ0v) is 9.94. The Hall–Kier alpha value is -1.74. The number of anilines is 1. The van der Waals surface area contributed by atoms with E-state index in [0.717, 1.165) is 35.5 Å². The molecule has 3 heteroatoms. The van der Waals surface area contributed by atoms with Gasteiger partial charge in [-0.1, -0.05) is 6.08 Å². The number of benzene rings is 1. The van der Waals surface area contributed by atoms with Crippen LogP contribution in [0.4, 0.5) is 5.69 Å². The highest BCUT2D eigenvalue weighted by Gasteiger charge is 2.16. The van der Waals surface area contributed by atoms with Crippen LogP contribution in [0.2, 0.25) is 0 Å². The molecule has 3 nitrogen and oxygen atoms in total. The van der Waals surface area contributed by atoms with E-state index < -0.39 is 6.29 Å². The van der Waals surface area contributed by atoms with Crippen molar-refractivity contribution in [3.8, 4) is 5.75 Å². The van der Waals surface area contributed by atoms with Crippen LogP contribution < -0.4 is 10.1 Å². The van der Waals surface area contributed by atoms with Crippen molar-refractivity contribution in [3.63, 3.8) is 0 Å². The first-order valence-corrected chi connectivity index (χ1v) is 5.73. The van der Waals surface area contributed by atoms with E-state index >= 15 is 0 Å². The molecule has 2 N–H and O–H groups in total. The van der Waals surface area contributed by atoms with Crippen LogP contribution in [0.15, 0.2) is 36.9 Å². The highest BCUT2D eigenvalue weighted by Crippen LogP contribution is 2.33. The molecule has 1 aromatic rings. The molecule has 0 radical (unpaired) electrons. The molecule has 90 valence electrons. The van der Waals surface area contributed by atoms with Crippen molar-refractivity contribution >= 4 is 11.3 Å². The zero-order valence-electron chi connectivity index (χ0n) is 9.94. The standard InChI is InChI=1S/C14H17NO2/c1-3-4-7-15-11-5-6-12-10(2)8-14(16)17-13(12)9-11/h3,5-6,8-9,14-16H,1,4,7H2,2H3. The first kappa shape index (κ1) is 11.7. The molecular weight excluding hydrogens is 214 g/mol. The van der Waals surface area contributed by atoms with E-state index in [1.807, 2.05) is 31.2 Å². The van der Waals surface area contributed by atoms with Gasteiger partial charge >= 0.3 is 0 Å². The number of hydrogen-bond acceptors (Lipinski definition) is 3. The van der Waals surface area contributed by atoms with Crippen LogP contribution in [-0.2, 0) is 0 Å². The first-order chi connectivity index (χ1) is 8.20. The van der Waals surface area contributed by atoms with Crippen molar-refractivity contribution in [2.45, 2.75) is 19.6 Å². The molecule has 0 aromatic heterocycles. The molecule has 0 saturated heterocycles. The molecular formula is C14H17NO2. The molecule has 0 spiro atoms. The number of rotatable bonds is 4. The lowest BCUT2D eigenvalue weighted by molar-refractivity contribution is 0.0225. The van der Waals surface area contributed by atoms with E-state index in [1.165, 1.54) is 0 Å². The van der Waals surface area contributed by atoms with Crippen molar-refractivity contribution in [2.24, 2.45) is 0 Å². The van der Waals surface area contributed by atoms with Gasteiger partial charge in [0, 0.05) is 23.9 Å². The maximum Gasteiger partial charge on any atom is 0.217 e. The summed E-state index contributed by atoms with van der Waals surface area (Å²) in [6.07, 6.45) is 3.65. The van der Waals surface area contributed by atoms with Crippen LogP contribution in [0.25, 0.3) is 5.57 Å². The van der Waals surface area contributed by atoms with Gasteiger partial charge in [-0.3, -0.25) is 0 Å². The predicted octanol–water partition coefficient (Wildman–Crippen LogP) is 2.79. The van der Waals surface area contributed by atoms with Crippen LogP contribution in [-0.4, -0.2) is 17.9 Å². The van der Waals surface area contributed by atoms with Crippen LogP contribution in [0.5, 0.6) is 5.75 Å². The second kappa shape index (κ2) is 5.06. The Morgan fingerprint density at radius 2 is 2.35 bits per heavy atom. The Kier molecular flexibility index (Phi) is 3.49. The number of aliphatic hydroxyl groups excluding tert-OH is 1. The Morgan fingerprint density at radius 3 is 3.12 bits per heavy atom. The summed E-state index contributed by atoms with van der Waals surface area (Å²) in [6.45, 7) is 6.49. The van der Waals surface area contributed by atoms with Gasteiger partial charge in [-0.15, -0.1) is 6.58 Å². The number of allylic oxidation sites excluding steroid dienone is 1. The van der Waals surface area contributed by atoms with Crippen molar-refractivity contribution in [1.29, 1.82) is 0 Å². The van der Waals surface area contributed by atoms with Gasteiger partial charge in [-0.25, -0.2) is 0 Å². The molecule has 0 fully saturated rings. The fourth-order valence-corrected chi connectivity index (χ4v) is 1.84. The minimum atomic E-state index is -0.842. The first-order valence-electron chi connectivity index (χ1n) is 5.73. The maximum absolute atomic E-state index is 9.50. The monoisotopic (exact) mass is 231 g/mol. The third-order valence-electron chi connectivity index (χ3n) is 2.72. The average molecular weight is 231 g/mol. The summed E-state index contributed by atoms with van der Waals surface area (Å²) in [4.78, 5) is 0.